The number of halogens is 2. The molecule has 1 atom stereocenters. The summed E-state index contributed by atoms with van der Waals surface area (Å²) >= 11 is 0. The summed E-state index contributed by atoms with van der Waals surface area (Å²) < 4.78 is 0. The molecule has 0 aliphatic heterocycles. The van der Waals surface area contributed by atoms with Crippen LogP contribution in [-0.4, -0.2) is 30.7 Å². The molecule has 0 spiro atoms. The Morgan fingerprint density at radius 3 is 2.20 bits per heavy atom. The number of hydrogen-bond acceptors (Lipinski definition) is 3. The van der Waals surface area contributed by atoms with Crippen molar-refractivity contribution in [3.63, 3.8) is 0 Å². The number of nitrogens with one attached hydrogen (secondary N) is 1. The van der Waals surface area contributed by atoms with Gasteiger partial charge in [0.25, 0.3) is 0 Å². The number of rotatable bonds is 3. The lowest BCUT2D eigenvalue weighted by molar-refractivity contribution is -0.138. The maximum absolute atomic E-state index is 9.92. The number of hydrogen-bond donors (Lipinski definition) is 3. The van der Waals surface area contributed by atoms with Crippen molar-refractivity contribution < 1.29 is 9.90 Å². The van der Waals surface area contributed by atoms with Crippen LogP contribution in [0.4, 0.5) is 0 Å². The highest BCUT2D eigenvalue weighted by Gasteiger charge is 2.07. The molecule has 0 saturated heterocycles. The fourth-order valence-electron chi connectivity index (χ4n) is 0.307. The van der Waals surface area contributed by atoms with Crippen LogP contribution in [0.25, 0.3) is 0 Å². The van der Waals surface area contributed by atoms with E-state index in [2.05, 4.69) is 5.32 Å². The predicted molar refractivity (Wildman–Crippen MR) is 44.0 cm³/mol. The largest absolute Gasteiger partial charge is 0.480 e. The first-order valence-corrected chi connectivity index (χ1v) is 2.31. The lowest BCUT2D eigenvalue weighted by Crippen LogP contribution is -2.38. The fraction of sp³-hybridized carbons (Fsp3) is 0.750. The molecule has 0 bridgehead atoms. The monoisotopic (exact) mass is 190 g/mol. The first kappa shape index (κ1) is 16.5. The summed E-state index contributed by atoms with van der Waals surface area (Å²) in [5.41, 5.74) is 5.06. The van der Waals surface area contributed by atoms with Crippen molar-refractivity contribution in [1.82, 2.24) is 5.32 Å². The van der Waals surface area contributed by atoms with Crippen LogP contribution in [0.15, 0.2) is 0 Å². The Balaban J connectivity index is -0.000000245. The SMILES string of the molecule is CNC[C@@H](N)C(=O)O.Cl.Cl. The molecule has 0 aromatic carbocycles. The minimum absolute atomic E-state index is 0. The van der Waals surface area contributed by atoms with Crippen molar-refractivity contribution in [2.45, 2.75) is 6.04 Å². The molecule has 0 aromatic rings. The van der Waals surface area contributed by atoms with E-state index in [0.29, 0.717) is 6.54 Å². The molecule has 0 fully saturated rings. The van der Waals surface area contributed by atoms with E-state index >= 15 is 0 Å². The lowest BCUT2D eigenvalue weighted by Gasteiger charge is -2.02. The van der Waals surface area contributed by atoms with E-state index < -0.39 is 12.0 Å². The third kappa shape index (κ3) is 7.97. The topological polar surface area (TPSA) is 75.3 Å². The van der Waals surface area contributed by atoms with E-state index in [1.54, 1.807) is 7.05 Å². The molecule has 10 heavy (non-hydrogen) atoms. The summed E-state index contributed by atoms with van der Waals surface area (Å²) in [5, 5.41) is 10.8. The molecule has 4 N–H and O–H groups in total. The summed E-state index contributed by atoms with van der Waals surface area (Å²) in [6, 6.07) is -0.778. The van der Waals surface area contributed by atoms with Crippen LogP contribution in [0.3, 0.4) is 0 Å². The van der Waals surface area contributed by atoms with E-state index in [-0.39, 0.29) is 24.8 Å². The van der Waals surface area contributed by atoms with E-state index in [9.17, 15) is 4.79 Å². The average molecular weight is 191 g/mol. The zero-order valence-electron chi connectivity index (χ0n) is 5.53. The summed E-state index contributed by atoms with van der Waals surface area (Å²) in [6.07, 6.45) is 0. The second-order valence-electron chi connectivity index (χ2n) is 1.50. The Labute approximate surface area is 72.0 Å². The molecule has 0 aromatic heterocycles. The van der Waals surface area contributed by atoms with Gasteiger partial charge in [0, 0.05) is 6.54 Å². The molecule has 6 heteroatoms. The van der Waals surface area contributed by atoms with Crippen LogP contribution >= 0.6 is 24.8 Å². The van der Waals surface area contributed by atoms with Crippen molar-refractivity contribution in [2.24, 2.45) is 5.73 Å². The summed E-state index contributed by atoms with van der Waals surface area (Å²) in [5.74, 6) is -0.973. The van der Waals surface area contributed by atoms with Crippen molar-refractivity contribution in [2.75, 3.05) is 13.6 Å². The molecule has 4 nitrogen and oxygen atoms in total. The van der Waals surface area contributed by atoms with Gasteiger partial charge in [0.05, 0.1) is 0 Å². The Bertz CT molecular complexity index is 91.3. The maximum atomic E-state index is 9.92. The second kappa shape index (κ2) is 8.97. The molecule has 64 valence electrons. The standard InChI is InChI=1S/C4H10N2O2.2ClH/c1-6-2-3(5)4(7)8;;/h3,6H,2,5H2,1H3,(H,7,8);2*1H/t3-;;/m1../s1. The first-order chi connectivity index (χ1) is 3.68. The zero-order chi connectivity index (χ0) is 6.57. The van der Waals surface area contributed by atoms with Gasteiger partial charge in [-0.05, 0) is 7.05 Å². The van der Waals surface area contributed by atoms with Gasteiger partial charge < -0.3 is 16.2 Å². The van der Waals surface area contributed by atoms with Crippen molar-refractivity contribution in [3.8, 4) is 0 Å². The van der Waals surface area contributed by atoms with Crippen LogP contribution in [-0.2, 0) is 4.79 Å². The van der Waals surface area contributed by atoms with Gasteiger partial charge in [0.15, 0.2) is 0 Å². The van der Waals surface area contributed by atoms with Crippen LogP contribution in [0.5, 0.6) is 0 Å². The highest BCUT2D eigenvalue weighted by atomic mass is 35.5. The zero-order valence-corrected chi connectivity index (χ0v) is 7.17. The van der Waals surface area contributed by atoms with Gasteiger partial charge in [0.2, 0.25) is 0 Å². The van der Waals surface area contributed by atoms with E-state index in [0.717, 1.165) is 0 Å². The fourth-order valence-corrected chi connectivity index (χ4v) is 0.307. The molecular weight excluding hydrogens is 179 g/mol. The molecule has 0 radical (unpaired) electrons. The number of carbonyl (C=O) groups is 1. The minimum Gasteiger partial charge on any atom is -0.480 e. The Kier molecular flexibility index (Phi) is 14.8. The summed E-state index contributed by atoms with van der Waals surface area (Å²) in [4.78, 5) is 9.92. The molecule has 0 aliphatic carbocycles. The van der Waals surface area contributed by atoms with Gasteiger partial charge >= 0.3 is 5.97 Å². The van der Waals surface area contributed by atoms with E-state index in [4.69, 9.17) is 10.8 Å². The molecule has 0 heterocycles. The van der Waals surface area contributed by atoms with Crippen molar-refractivity contribution in [1.29, 1.82) is 0 Å². The normalized spacial score (nSPS) is 10.6. The van der Waals surface area contributed by atoms with Crippen LogP contribution in [0.1, 0.15) is 0 Å². The van der Waals surface area contributed by atoms with Crippen LogP contribution in [0, 0.1) is 0 Å². The van der Waals surface area contributed by atoms with Crippen molar-refractivity contribution >= 4 is 30.8 Å². The van der Waals surface area contributed by atoms with Gasteiger partial charge in [0.1, 0.15) is 6.04 Å². The Morgan fingerprint density at radius 1 is 1.70 bits per heavy atom. The van der Waals surface area contributed by atoms with Crippen LogP contribution in [0.2, 0.25) is 0 Å². The minimum atomic E-state index is -0.973. The number of aliphatic carboxylic acids is 1. The molecule has 0 unspecified atom stereocenters. The first-order valence-electron chi connectivity index (χ1n) is 2.31. The summed E-state index contributed by atoms with van der Waals surface area (Å²) in [6.45, 7) is 0.315. The number of carboxylic acids is 1. The number of nitrogens with two attached hydrogens (primary N) is 1. The summed E-state index contributed by atoms with van der Waals surface area (Å²) in [7, 11) is 1.66. The van der Waals surface area contributed by atoms with Crippen LogP contribution < -0.4 is 11.1 Å². The molecule has 0 amide bonds. The third-order valence-electron chi connectivity index (χ3n) is 0.741. The average Bonchev–Trinajstić information content (AvgIpc) is 1.67. The van der Waals surface area contributed by atoms with Gasteiger partial charge in [-0.3, -0.25) is 4.79 Å². The second-order valence-corrected chi connectivity index (χ2v) is 1.50. The highest BCUT2D eigenvalue weighted by molar-refractivity contribution is 5.85. The number of likely N-dealkylation sites (N-methyl/N-ethyl adjacent to an activating group) is 1. The van der Waals surface area contributed by atoms with E-state index in [1.807, 2.05) is 0 Å². The van der Waals surface area contributed by atoms with Crippen molar-refractivity contribution in [3.05, 3.63) is 0 Å². The Morgan fingerprint density at radius 2 is 2.10 bits per heavy atom. The molecule has 0 rings (SSSR count). The van der Waals surface area contributed by atoms with Gasteiger partial charge in [-0.25, -0.2) is 0 Å². The van der Waals surface area contributed by atoms with E-state index in [1.165, 1.54) is 0 Å². The quantitative estimate of drug-likeness (QED) is 0.560. The molecular formula is C4H12Cl2N2O2. The smallest absolute Gasteiger partial charge is 0.321 e. The predicted octanol–water partition coefficient (Wildman–Crippen LogP) is -0.539. The maximum Gasteiger partial charge on any atom is 0.321 e. The Hall–Kier alpha value is -0.0300. The highest BCUT2D eigenvalue weighted by Crippen LogP contribution is 1.71. The third-order valence-corrected chi connectivity index (χ3v) is 0.741. The number of carboxylic acid groups (broad SMARTS) is 1. The van der Waals surface area contributed by atoms with Gasteiger partial charge in [-0.15, -0.1) is 24.8 Å². The molecule has 0 saturated carbocycles. The lowest BCUT2D eigenvalue weighted by atomic mass is 10.3. The van der Waals surface area contributed by atoms with Gasteiger partial charge in [-0.2, -0.15) is 0 Å². The molecule has 0 aliphatic rings. The van der Waals surface area contributed by atoms with Gasteiger partial charge in [-0.1, -0.05) is 0 Å².